The van der Waals surface area contributed by atoms with Gasteiger partial charge in [0.1, 0.15) is 11.4 Å². The normalized spacial score (nSPS) is 18.7. The van der Waals surface area contributed by atoms with Gasteiger partial charge in [-0.05, 0) is 45.7 Å². The second-order valence-electron chi connectivity index (χ2n) is 6.48. The van der Waals surface area contributed by atoms with Crippen LogP contribution in [0.3, 0.4) is 0 Å². The second kappa shape index (κ2) is 5.79. The molecule has 0 saturated carbocycles. The quantitative estimate of drug-likeness (QED) is 0.872. The number of aromatic nitrogens is 1. The van der Waals surface area contributed by atoms with E-state index in [2.05, 4.69) is 15.2 Å². The predicted octanol–water partition coefficient (Wildman–Crippen LogP) is 2.08. The molecule has 1 aromatic heterocycles. The molecule has 6 nitrogen and oxygen atoms in total. The molecule has 2 rings (SSSR count). The number of carbonyl (C=O) groups excluding carboxylic acids is 1. The van der Waals surface area contributed by atoms with Crippen molar-refractivity contribution >= 4 is 17.6 Å². The van der Waals surface area contributed by atoms with Gasteiger partial charge in [-0.3, -0.25) is 0 Å². The molecule has 1 amide bonds. The molecule has 6 heteroatoms. The largest absolute Gasteiger partial charge is 0.444 e. The van der Waals surface area contributed by atoms with Gasteiger partial charge in [-0.25, -0.2) is 9.78 Å². The van der Waals surface area contributed by atoms with Crippen molar-refractivity contribution in [2.24, 2.45) is 0 Å². The van der Waals surface area contributed by atoms with E-state index in [-0.39, 0.29) is 12.1 Å². The third-order valence-corrected chi connectivity index (χ3v) is 3.37. The molecule has 0 bridgehead atoms. The van der Waals surface area contributed by atoms with E-state index in [1.54, 1.807) is 6.20 Å². The Hall–Kier alpha value is -1.98. The lowest BCUT2D eigenvalue weighted by atomic mass is 10.2. The summed E-state index contributed by atoms with van der Waals surface area (Å²) in [5, 5.41) is 2.91. The molecule has 21 heavy (non-hydrogen) atoms. The zero-order chi connectivity index (χ0) is 15.6. The van der Waals surface area contributed by atoms with Crippen molar-refractivity contribution in [3.8, 4) is 0 Å². The van der Waals surface area contributed by atoms with Gasteiger partial charge in [-0.1, -0.05) is 0 Å². The highest BCUT2D eigenvalue weighted by atomic mass is 16.6. The van der Waals surface area contributed by atoms with Crippen molar-refractivity contribution in [1.29, 1.82) is 0 Å². The summed E-state index contributed by atoms with van der Waals surface area (Å²) in [5.41, 5.74) is 7.02. The SMILES string of the molecule is Cc1cc(N2CCC(NC(=O)OC(C)(C)C)C2)ncc1N. The van der Waals surface area contributed by atoms with Crippen molar-refractivity contribution in [3.63, 3.8) is 0 Å². The van der Waals surface area contributed by atoms with Crippen molar-refractivity contribution in [2.45, 2.75) is 45.8 Å². The van der Waals surface area contributed by atoms with Gasteiger partial charge < -0.3 is 20.7 Å². The monoisotopic (exact) mass is 292 g/mol. The van der Waals surface area contributed by atoms with Crippen LogP contribution in [0.15, 0.2) is 12.3 Å². The summed E-state index contributed by atoms with van der Waals surface area (Å²) in [6, 6.07) is 2.06. The standard InChI is InChI=1S/C15H24N4O2/c1-10-7-13(17-8-12(10)16)19-6-5-11(9-19)18-14(20)21-15(2,3)4/h7-8,11H,5-6,9,16H2,1-4H3,(H,18,20). The van der Waals surface area contributed by atoms with Crippen LogP contribution >= 0.6 is 0 Å². The van der Waals surface area contributed by atoms with Crippen LogP contribution < -0.4 is 16.0 Å². The lowest BCUT2D eigenvalue weighted by molar-refractivity contribution is 0.0509. The number of amides is 1. The first-order valence-corrected chi connectivity index (χ1v) is 7.21. The number of aryl methyl sites for hydroxylation is 1. The summed E-state index contributed by atoms with van der Waals surface area (Å²) in [6.07, 6.45) is 2.19. The molecule has 1 aliphatic heterocycles. The number of anilines is 2. The van der Waals surface area contributed by atoms with Crippen molar-refractivity contribution in [2.75, 3.05) is 23.7 Å². The maximum Gasteiger partial charge on any atom is 0.407 e. The Morgan fingerprint density at radius 1 is 1.52 bits per heavy atom. The van der Waals surface area contributed by atoms with Gasteiger partial charge in [0.15, 0.2) is 0 Å². The highest BCUT2D eigenvalue weighted by molar-refractivity contribution is 5.68. The summed E-state index contributed by atoms with van der Waals surface area (Å²) < 4.78 is 5.27. The number of nitrogens with two attached hydrogens (primary N) is 1. The number of alkyl carbamates (subject to hydrolysis) is 1. The average Bonchev–Trinajstić information content (AvgIpc) is 2.78. The van der Waals surface area contributed by atoms with Crippen molar-refractivity contribution in [1.82, 2.24) is 10.3 Å². The summed E-state index contributed by atoms with van der Waals surface area (Å²) in [4.78, 5) is 18.3. The van der Waals surface area contributed by atoms with Crippen LogP contribution in [0.25, 0.3) is 0 Å². The Bertz CT molecular complexity index is 525. The van der Waals surface area contributed by atoms with Crippen LogP contribution in [0.4, 0.5) is 16.3 Å². The molecule has 0 spiro atoms. The van der Waals surface area contributed by atoms with E-state index in [1.165, 1.54) is 0 Å². The van der Waals surface area contributed by atoms with Gasteiger partial charge >= 0.3 is 6.09 Å². The summed E-state index contributed by atoms with van der Waals surface area (Å²) in [7, 11) is 0. The molecule has 1 aromatic rings. The Balaban J connectivity index is 1.91. The minimum Gasteiger partial charge on any atom is -0.444 e. The molecule has 1 saturated heterocycles. The number of hydrogen-bond acceptors (Lipinski definition) is 5. The van der Waals surface area contributed by atoms with E-state index in [0.29, 0.717) is 5.69 Å². The number of nitrogens with one attached hydrogen (secondary N) is 1. The zero-order valence-corrected chi connectivity index (χ0v) is 13.1. The summed E-state index contributed by atoms with van der Waals surface area (Å²) >= 11 is 0. The molecule has 2 heterocycles. The van der Waals surface area contributed by atoms with E-state index in [1.807, 2.05) is 33.8 Å². The van der Waals surface area contributed by atoms with E-state index >= 15 is 0 Å². The molecule has 0 aromatic carbocycles. The maximum atomic E-state index is 11.8. The Morgan fingerprint density at radius 2 is 2.24 bits per heavy atom. The number of ether oxygens (including phenoxy) is 1. The van der Waals surface area contributed by atoms with Crippen LogP contribution in [-0.2, 0) is 4.74 Å². The fraction of sp³-hybridized carbons (Fsp3) is 0.600. The number of pyridine rings is 1. The molecule has 1 unspecified atom stereocenters. The van der Waals surface area contributed by atoms with Crippen LogP contribution in [0.2, 0.25) is 0 Å². The third-order valence-electron chi connectivity index (χ3n) is 3.37. The van der Waals surface area contributed by atoms with Crippen LogP contribution in [0.5, 0.6) is 0 Å². The molecular formula is C15H24N4O2. The number of carbonyl (C=O) groups is 1. The second-order valence-corrected chi connectivity index (χ2v) is 6.48. The summed E-state index contributed by atoms with van der Waals surface area (Å²) in [5.74, 6) is 0.898. The summed E-state index contributed by atoms with van der Waals surface area (Å²) in [6.45, 7) is 9.12. The Kier molecular flexibility index (Phi) is 4.25. The molecule has 1 fully saturated rings. The fourth-order valence-corrected chi connectivity index (χ4v) is 2.29. The van der Waals surface area contributed by atoms with E-state index < -0.39 is 5.60 Å². The molecule has 0 aliphatic carbocycles. The van der Waals surface area contributed by atoms with Crippen molar-refractivity contribution < 1.29 is 9.53 Å². The number of rotatable bonds is 2. The minimum atomic E-state index is -0.474. The van der Waals surface area contributed by atoms with Gasteiger partial charge in [0.25, 0.3) is 0 Å². The first kappa shape index (κ1) is 15.4. The first-order valence-electron chi connectivity index (χ1n) is 7.21. The van der Waals surface area contributed by atoms with E-state index in [9.17, 15) is 4.79 Å². The van der Waals surface area contributed by atoms with E-state index in [4.69, 9.17) is 10.5 Å². The maximum absolute atomic E-state index is 11.8. The number of nitrogens with zero attached hydrogens (tertiary/aromatic N) is 2. The predicted molar refractivity (Wildman–Crippen MR) is 83.4 cm³/mol. The molecule has 1 aliphatic rings. The van der Waals surface area contributed by atoms with Crippen LogP contribution in [0, 0.1) is 6.92 Å². The lowest BCUT2D eigenvalue weighted by Crippen LogP contribution is -2.40. The van der Waals surface area contributed by atoms with Gasteiger partial charge in [0, 0.05) is 13.1 Å². The van der Waals surface area contributed by atoms with Gasteiger partial charge in [-0.2, -0.15) is 0 Å². The van der Waals surface area contributed by atoms with Crippen molar-refractivity contribution in [3.05, 3.63) is 17.8 Å². The smallest absolute Gasteiger partial charge is 0.407 e. The highest BCUT2D eigenvalue weighted by Gasteiger charge is 2.26. The van der Waals surface area contributed by atoms with Gasteiger partial charge in [0.2, 0.25) is 0 Å². The molecule has 116 valence electrons. The molecule has 3 N–H and O–H groups in total. The van der Waals surface area contributed by atoms with Gasteiger partial charge in [-0.15, -0.1) is 0 Å². The zero-order valence-electron chi connectivity index (χ0n) is 13.1. The van der Waals surface area contributed by atoms with Crippen LogP contribution in [0.1, 0.15) is 32.8 Å². The number of hydrogen-bond donors (Lipinski definition) is 2. The molecule has 0 radical (unpaired) electrons. The fourth-order valence-electron chi connectivity index (χ4n) is 2.29. The molecular weight excluding hydrogens is 268 g/mol. The Morgan fingerprint density at radius 3 is 2.86 bits per heavy atom. The third kappa shape index (κ3) is 4.24. The van der Waals surface area contributed by atoms with Gasteiger partial charge in [0.05, 0.1) is 17.9 Å². The van der Waals surface area contributed by atoms with E-state index in [0.717, 1.165) is 30.9 Å². The topological polar surface area (TPSA) is 80.5 Å². The van der Waals surface area contributed by atoms with Crippen LogP contribution in [-0.4, -0.2) is 35.8 Å². The first-order chi connectivity index (χ1) is 9.74. The minimum absolute atomic E-state index is 0.0829. The highest BCUT2D eigenvalue weighted by Crippen LogP contribution is 2.21. The average molecular weight is 292 g/mol. The number of nitrogen functional groups attached to an aromatic ring is 1. The lowest BCUT2D eigenvalue weighted by Gasteiger charge is -2.22. The molecule has 1 atom stereocenters. The Labute approximate surface area is 125 Å².